The number of sulfone groups is 2. The van der Waals surface area contributed by atoms with Crippen LogP contribution in [-0.2, 0) is 62.7 Å². The van der Waals surface area contributed by atoms with Crippen LogP contribution in [0.15, 0.2) is 91.4 Å². The van der Waals surface area contributed by atoms with Crippen LogP contribution in [0.25, 0.3) is 22.9 Å². The SMILES string of the molecule is CC(C)(C)c1nnc(-c2cc3c(cc2F)S(=O)(=O)C[C@H](NC(=O)CN)C(=O)N3Cc2ccc(Cl)cc2)o1.COC(=O)N1CC2CC(c3nnc(-c4cc5c(cc4F)S(=O)(=O)C[C@H](N)C(=O)N5Cc4ccc(Cl)cc4)o3)(C2)C1. The van der Waals surface area contributed by atoms with Gasteiger partial charge in [-0.1, -0.05) is 68.2 Å². The Morgan fingerprint density at radius 2 is 1.29 bits per heavy atom. The van der Waals surface area contributed by atoms with Crippen LogP contribution in [0.3, 0.4) is 0 Å². The quantitative estimate of drug-likeness (QED) is 0.161. The summed E-state index contributed by atoms with van der Waals surface area (Å²) in [6.45, 7) is 5.86. The van der Waals surface area contributed by atoms with Crippen LogP contribution in [-0.4, -0.2) is 116 Å². The first-order valence-electron chi connectivity index (χ1n) is 23.8. The van der Waals surface area contributed by atoms with E-state index in [-0.39, 0.29) is 70.0 Å². The van der Waals surface area contributed by atoms with Gasteiger partial charge in [0.05, 0.1) is 82.0 Å². The topological polar surface area (TPSA) is 297 Å². The van der Waals surface area contributed by atoms with Crippen molar-refractivity contribution >= 4 is 78.1 Å². The van der Waals surface area contributed by atoms with Gasteiger partial charge >= 0.3 is 6.09 Å². The summed E-state index contributed by atoms with van der Waals surface area (Å²) in [6, 6.07) is 14.6. The van der Waals surface area contributed by atoms with Crippen molar-refractivity contribution in [1.29, 1.82) is 0 Å². The van der Waals surface area contributed by atoms with E-state index < -0.39 is 101 Å². The van der Waals surface area contributed by atoms with Crippen LogP contribution in [0.1, 0.15) is 56.5 Å². The molecular formula is C50H50Cl2F2N10O11S2. The summed E-state index contributed by atoms with van der Waals surface area (Å²) < 4.78 is 100. The van der Waals surface area contributed by atoms with Gasteiger partial charge in [0.15, 0.2) is 19.7 Å². The van der Waals surface area contributed by atoms with Crippen molar-refractivity contribution in [1.82, 2.24) is 30.6 Å². The number of fused-ring (bicyclic) bond motifs is 4. The van der Waals surface area contributed by atoms with Crippen molar-refractivity contribution in [3.63, 3.8) is 0 Å². The van der Waals surface area contributed by atoms with Crippen LogP contribution in [0.4, 0.5) is 25.0 Å². The molecular weight excluding hydrogens is 1090 g/mol. The van der Waals surface area contributed by atoms with E-state index in [1.807, 2.05) is 20.8 Å². The molecule has 0 unspecified atom stereocenters. The number of anilines is 2. The average molecular weight is 1140 g/mol. The zero-order valence-corrected chi connectivity index (χ0v) is 44.8. The van der Waals surface area contributed by atoms with Gasteiger partial charge in [0.2, 0.25) is 23.6 Å². The van der Waals surface area contributed by atoms with Crippen molar-refractivity contribution in [3.05, 3.63) is 117 Å². The zero-order chi connectivity index (χ0) is 55.5. The maximum absolute atomic E-state index is 15.5. The number of nitrogens with zero attached hydrogens (tertiary/aromatic N) is 7. The summed E-state index contributed by atoms with van der Waals surface area (Å²) in [7, 11) is -7.03. The molecule has 4 aromatic carbocycles. The number of rotatable bonds is 9. The number of carbonyl (C=O) groups excluding carboxylic acids is 4. The van der Waals surface area contributed by atoms with Gasteiger partial charge < -0.3 is 45.1 Å². The monoisotopic (exact) mass is 1140 g/mol. The van der Waals surface area contributed by atoms with Crippen LogP contribution in [0.5, 0.6) is 0 Å². The third-order valence-electron chi connectivity index (χ3n) is 13.5. The molecule has 0 spiro atoms. The summed E-state index contributed by atoms with van der Waals surface area (Å²) in [6.07, 6.45) is 1.01. The molecule has 6 heterocycles. The van der Waals surface area contributed by atoms with Crippen LogP contribution >= 0.6 is 23.2 Å². The van der Waals surface area contributed by atoms with E-state index in [0.717, 1.165) is 25.0 Å². The zero-order valence-electron chi connectivity index (χ0n) is 41.6. The van der Waals surface area contributed by atoms with Crippen molar-refractivity contribution in [2.75, 3.05) is 48.0 Å². The second-order valence-corrected chi connectivity index (χ2v) is 25.1. The standard InChI is InChI=1S/C26H25ClFN5O6S.C24H25ClFN5O5S/c1-38-25(35)32-10-15-8-26(9-15,13-32)24-31-30-22(39-24)17-6-20-21(7-18(17)28)40(36,37)12-19(29)23(34)33(20)11-14-2-4-16(27)5-3-14;1-24(2,3)23-30-29-21(36-23)15-8-18-19(9-16(15)26)37(34,35)12-17(28-20(32)10-27)22(33)31(18)11-13-4-6-14(25)7-5-13/h2-7,15,19H,8-13,29H2,1H3;4-9,17H,10-12,27H2,1-3H3,(H,28,32)/t15?,19-,26?;17-/m00/s1. The predicted octanol–water partition coefficient (Wildman–Crippen LogP) is 5.50. The first kappa shape index (κ1) is 54.9. The molecule has 5 aliphatic rings. The van der Waals surface area contributed by atoms with Crippen molar-refractivity contribution in [2.45, 2.75) is 79.4 Å². The number of piperidine rings is 2. The Bertz CT molecular complexity index is 3550. The van der Waals surface area contributed by atoms with Crippen LogP contribution in [0, 0.1) is 17.6 Å². The third kappa shape index (κ3) is 11.0. The van der Waals surface area contributed by atoms with Crippen molar-refractivity contribution < 1.29 is 58.4 Å². The number of aromatic nitrogens is 4. The lowest BCUT2D eigenvalue weighted by Crippen LogP contribution is -2.60. The van der Waals surface area contributed by atoms with Gasteiger partial charge in [0.25, 0.3) is 17.7 Å². The highest BCUT2D eigenvalue weighted by Crippen LogP contribution is 2.52. The smallest absolute Gasteiger partial charge is 0.409 e. The van der Waals surface area contributed by atoms with Crippen molar-refractivity contribution in [3.8, 4) is 22.9 Å². The highest BCUT2D eigenvalue weighted by molar-refractivity contribution is 7.92. The lowest BCUT2D eigenvalue weighted by atomic mass is 9.58. The Labute approximate surface area is 450 Å². The molecule has 4 aliphatic heterocycles. The third-order valence-corrected chi connectivity index (χ3v) is 17.5. The highest BCUT2D eigenvalue weighted by atomic mass is 35.5. The average Bonchev–Trinajstić information content (AvgIpc) is 4.13. The summed E-state index contributed by atoms with van der Waals surface area (Å²) in [4.78, 5) is 54.2. The number of halogens is 4. The Hall–Kier alpha value is -6.90. The normalized spacial score (nSPS) is 21.4. The van der Waals surface area contributed by atoms with Gasteiger partial charge in [-0.05, 0) is 78.4 Å². The first-order valence-corrected chi connectivity index (χ1v) is 27.9. The molecule has 6 aromatic rings. The summed E-state index contributed by atoms with van der Waals surface area (Å²) in [5.41, 5.74) is 11.1. The molecule has 5 N–H and O–H groups in total. The molecule has 2 bridgehead atoms. The molecule has 2 saturated heterocycles. The Kier molecular flexibility index (Phi) is 14.8. The van der Waals surface area contributed by atoms with E-state index in [1.165, 1.54) is 29.0 Å². The van der Waals surface area contributed by atoms with E-state index >= 15 is 8.78 Å². The number of amides is 4. The molecule has 2 aromatic heterocycles. The fraction of sp³-hybridized carbons (Fsp3) is 0.360. The second kappa shape index (κ2) is 20.8. The van der Waals surface area contributed by atoms with E-state index in [0.29, 0.717) is 34.3 Å². The molecule has 4 amide bonds. The minimum Gasteiger partial charge on any atom is -0.453 e. The maximum atomic E-state index is 15.5. The van der Waals surface area contributed by atoms with Crippen LogP contribution < -0.4 is 26.6 Å². The van der Waals surface area contributed by atoms with Crippen LogP contribution in [0.2, 0.25) is 10.0 Å². The Morgan fingerprint density at radius 1 is 0.779 bits per heavy atom. The number of nitrogens with one attached hydrogen (secondary N) is 1. The molecule has 21 nitrogen and oxygen atoms in total. The molecule has 406 valence electrons. The Balaban J connectivity index is 0.000000188. The molecule has 11 rings (SSSR count). The molecule has 0 radical (unpaired) electrons. The predicted molar refractivity (Wildman–Crippen MR) is 275 cm³/mol. The fourth-order valence-electron chi connectivity index (χ4n) is 9.70. The number of ether oxygens (including phenoxy) is 1. The minimum absolute atomic E-state index is 0.0275. The molecule has 27 heteroatoms. The first-order chi connectivity index (χ1) is 36.3. The number of hydrogen-bond donors (Lipinski definition) is 3. The summed E-state index contributed by atoms with van der Waals surface area (Å²) in [5, 5.41) is 19.5. The Morgan fingerprint density at radius 3 is 1.79 bits per heavy atom. The molecule has 2 atom stereocenters. The van der Waals surface area contributed by atoms with Gasteiger partial charge in [-0.2, -0.15) is 0 Å². The molecule has 3 fully saturated rings. The van der Waals surface area contributed by atoms with E-state index in [1.54, 1.807) is 53.4 Å². The van der Waals surface area contributed by atoms with Gasteiger partial charge in [0.1, 0.15) is 17.7 Å². The van der Waals surface area contributed by atoms with E-state index in [4.69, 9.17) is 48.2 Å². The molecule has 77 heavy (non-hydrogen) atoms. The summed E-state index contributed by atoms with van der Waals surface area (Å²) >= 11 is 12.0. The van der Waals surface area contributed by atoms with Gasteiger partial charge in [-0.3, -0.25) is 14.4 Å². The largest absolute Gasteiger partial charge is 0.453 e. The number of carbonyl (C=O) groups is 4. The van der Waals surface area contributed by atoms with Crippen molar-refractivity contribution in [2.24, 2.45) is 17.4 Å². The van der Waals surface area contributed by atoms with E-state index in [9.17, 15) is 36.0 Å². The molecule has 1 saturated carbocycles. The fourth-order valence-corrected chi connectivity index (χ4v) is 13.1. The second-order valence-electron chi connectivity index (χ2n) is 20.2. The van der Waals surface area contributed by atoms with E-state index in [2.05, 4.69) is 25.7 Å². The highest BCUT2D eigenvalue weighted by Gasteiger charge is 2.56. The lowest BCUT2D eigenvalue weighted by molar-refractivity contribution is -0.126. The number of hydrogen-bond acceptors (Lipinski definition) is 17. The van der Waals surface area contributed by atoms with Gasteiger partial charge in [-0.15, -0.1) is 20.4 Å². The maximum Gasteiger partial charge on any atom is 0.409 e. The minimum atomic E-state index is -4.23. The number of benzene rings is 4. The lowest BCUT2D eigenvalue weighted by Gasteiger charge is -2.53. The number of nitrogens with two attached hydrogens (primary N) is 2. The number of methoxy groups -OCH3 is 1. The summed E-state index contributed by atoms with van der Waals surface area (Å²) in [5.74, 6) is -4.89. The van der Waals surface area contributed by atoms with Gasteiger partial charge in [-0.25, -0.2) is 30.4 Å². The molecule has 1 aliphatic carbocycles. The van der Waals surface area contributed by atoms with Gasteiger partial charge in [0, 0.05) is 28.5 Å².